The zero-order chi connectivity index (χ0) is 19.6. The van der Waals surface area contributed by atoms with Crippen LogP contribution in [0.1, 0.15) is 62.1 Å². The Morgan fingerprint density at radius 1 is 0.852 bits per heavy atom. The second-order valence-corrected chi connectivity index (χ2v) is 6.83. The number of hydrogen-bond acceptors (Lipinski definition) is 0. The lowest BCUT2D eigenvalue weighted by molar-refractivity contribution is 0.445. The van der Waals surface area contributed by atoms with Crippen molar-refractivity contribution < 1.29 is 17.6 Å². The summed E-state index contributed by atoms with van der Waals surface area (Å²) in [4.78, 5) is 0. The molecule has 0 nitrogen and oxygen atoms in total. The zero-order valence-corrected chi connectivity index (χ0v) is 15.7. The minimum atomic E-state index is -1.46. The Hall–Kier alpha value is -2.10. The molecule has 2 aromatic rings. The van der Waals surface area contributed by atoms with Crippen molar-refractivity contribution in [3.63, 3.8) is 0 Å². The van der Waals surface area contributed by atoms with Gasteiger partial charge in [-0.1, -0.05) is 50.8 Å². The van der Waals surface area contributed by atoms with E-state index >= 15 is 0 Å². The minimum Gasteiger partial charge on any atom is -0.207 e. The number of allylic oxidation sites excluding steroid dienone is 1. The second-order valence-electron chi connectivity index (χ2n) is 6.83. The van der Waals surface area contributed by atoms with Crippen molar-refractivity contribution in [2.24, 2.45) is 0 Å². The Kier molecular flexibility index (Phi) is 8.56. The quantitative estimate of drug-likeness (QED) is 0.227. The van der Waals surface area contributed by atoms with Gasteiger partial charge in [0.2, 0.25) is 0 Å². The fourth-order valence-electron chi connectivity index (χ4n) is 3.01. The monoisotopic (exact) mass is 378 g/mol. The van der Waals surface area contributed by atoms with Crippen LogP contribution >= 0.6 is 0 Å². The normalized spacial score (nSPS) is 11.8. The van der Waals surface area contributed by atoms with Gasteiger partial charge in [-0.25, -0.2) is 17.6 Å². The van der Waals surface area contributed by atoms with Crippen LogP contribution in [0.5, 0.6) is 0 Å². The number of aryl methyl sites for hydroxylation is 2. The lowest BCUT2D eigenvalue weighted by Crippen LogP contribution is -1.97. The summed E-state index contributed by atoms with van der Waals surface area (Å²) >= 11 is 0. The molecular weight excluding hydrogens is 352 g/mol. The molecular formula is C23H26F4. The molecule has 0 fully saturated rings. The number of halogens is 4. The van der Waals surface area contributed by atoms with Crippen molar-refractivity contribution in [2.75, 3.05) is 0 Å². The highest BCUT2D eigenvalue weighted by molar-refractivity contribution is 5.59. The third-order valence-corrected chi connectivity index (χ3v) is 4.58. The molecule has 2 aromatic carbocycles. The molecule has 0 aliphatic rings. The van der Waals surface area contributed by atoms with E-state index < -0.39 is 17.5 Å². The summed E-state index contributed by atoms with van der Waals surface area (Å²) in [6, 6.07) is 9.08. The third kappa shape index (κ3) is 6.85. The first-order valence-corrected chi connectivity index (χ1v) is 9.59. The van der Waals surface area contributed by atoms with E-state index in [9.17, 15) is 17.6 Å². The van der Waals surface area contributed by atoms with E-state index in [0.717, 1.165) is 30.5 Å². The van der Waals surface area contributed by atoms with Gasteiger partial charge in [-0.05, 0) is 61.1 Å². The summed E-state index contributed by atoms with van der Waals surface area (Å²) in [5.41, 5.74) is 1.75. The molecule has 0 unspecified atom stereocenters. The maximum Gasteiger partial charge on any atom is 0.194 e. The van der Waals surface area contributed by atoms with Crippen molar-refractivity contribution in [3.8, 4) is 0 Å². The highest BCUT2D eigenvalue weighted by Crippen LogP contribution is 2.21. The summed E-state index contributed by atoms with van der Waals surface area (Å²) in [5.74, 6) is -4.08. The standard InChI is InChI=1S/C23H26F4/c1-2-3-4-5-6-7-11-20(24)19-10-8-9-17(14-19)12-13-18-15-21(25)23(27)22(26)16-18/h8-11,14-16H,2-7,12-13H2,1H3/b20-11+. The molecule has 0 aliphatic heterocycles. The molecule has 0 spiro atoms. The molecule has 0 aliphatic carbocycles. The molecule has 0 bridgehead atoms. The molecule has 0 amide bonds. The van der Waals surface area contributed by atoms with Crippen molar-refractivity contribution >= 4 is 5.83 Å². The van der Waals surface area contributed by atoms with Gasteiger partial charge in [-0.15, -0.1) is 0 Å². The Bertz CT molecular complexity index is 742. The first-order chi connectivity index (χ1) is 13.0. The third-order valence-electron chi connectivity index (χ3n) is 4.58. The SMILES string of the molecule is CCCCCCC/C=C(/F)c1cccc(CCc2cc(F)c(F)c(F)c2)c1. The summed E-state index contributed by atoms with van der Waals surface area (Å²) in [5, 5.41) is 0. The second kappa shape index (κ2) is 10.9. The fourth-order valence-corrected chi connectivity index (χ4v) is 3.01. The Labute approximate surface area is 158 Å². The molecule has 0 radical (unpaired) electrons. The summed E-state index contributed by atoms with van der Waals surface area (Å²) in [6.45, 7) is 2.16. The van der Waals surface area contributed by atoms with Gasteiger partial charge >= 0.3 is 0 Å². The Morgan fingerprint density at radius 2 is 1.52 bits per heavy atom. The molecule has 27 heavy (non-hydrogen) atoms. The van der Waals surface area contributed by atoms with E-state index in [0.29, 0.717) is 30.4 Å². The van der Waals surface area contributed by atoms with Gasteiger partial charge in [0.1, 0.15) is 5.83 Å². The molecule has 2 rings (SSSR count). The van der Waals surface area contributed by atoms with Crippen LogP contribution in [0.3, 0.4) is 0 Å². The molecule has 0 heterocycles. The molecule has 0 atom stereocenters. The van der Waals surface area contributed by atoms with Crippen molar-refractivity contribution in [1.29, 1.82) is 0 Å². The van der Waals surface area contributed by atoms with E-state index in [1.165, 1.54) is 19.3 Å². The van der Waals surface area contributed by atoms with E-state index in [1.54, 1.807) is 24.3 Å². The van der Waals surface area contributed by atoms with E-state index in [2.05, 4.69) is 6.92 Å². The van der Waals surface area contributed by atoms with Crippen LogP contribution in [0.2, 0.25) is 0 Å². The predicted octanol–water partition coefficient (Wildman–Crippen LogP) is 7.56. The number of hydrogen-bond donors (Lipinski definition) is 0. The van der Waals surface area contributed by atoms with Gasteiger partial charge in [0.15, 0.2) is 17.5 Å². The average molecular weight is 378 g/mol. The number of unbranched alkanes of at least 4 members (excludes halogenated alkanes) is 5. The maximum atomic E-state index is 14.3. The number of rotatable bonds is 10. The van der Waals surface area contributed by atoms with Gasteiger partial charge in [0.05, 0.1) is 0 Å². The molecule has 0 N–H and O–H groups in total. The van der Waals surface area contributed by atoms with Crippen LogP contribution in [0, 0.1) is 17.5 Å². The molecule has 4 heteroatoms. The smallest absolute Gasteiger partial charge is 0.194 e. The van der Waals surface area contributed by atoms with Crippen molar-refractivity contribution in [1.82, 2.24) is 0 Å². The molecule has 0 saturated heterocycles. The van der Waals surface area contributed by atoms with Crippen LogP contribution in [0.4, 0.5) is 17.6 Å². The van der Waals surface area contributed by atoms with Crippen LogP contribution in [-0.4, -0.2) is 0 Å². The van der Waals surface area contributed by atoms with Crippen molar-refractivity contribution in [3.05, 3.63) is 76.6 Å². The highest BCUT2D eigenvalue weighted by atomic mass is 19.2. The first kappa shape index (κ1) is 21.2. The Balaban J connectivity index is 1.92. The van der Waals surface area contributed by atoms with Gasteiger partial charge in [-0.2, -0.15) is 0 Å². The predicted molar refractivity (Wildman–Crippen MR) is 103 cm³/mol. The molecule has 0 aromatic heterocycles. The van der Waals surface area contributed by atoms with Crippen molar-refractivity contribution in [2.45, 2.75) is 58.3 Å². The van der Waals surface area contributed by atoms with Crippen LogP contribution < -0.4 is 0 Å². The highest BCUT2D eigenvalue weighted by Gasteiger charge is 2.10. The summed E-state index contributed by atoms with van der Waals surface area (Å²) < 4.78 is 53.9. The number of benzene rings is 2. The van der Waals surface area contributed by atoms with Crippen LogP contribution in [0.15, 0.2) is 42.5 Å². The zero-order valence-electron chi connectivity index (χ0n) is 15.7. The average Bonchev–Trinajstić information content (AvgIpc) is 2.67. The van der Waals surface area contributed by atoms with Crippen LogP contribution in [-0.2, 0) is 12.8 Å². The topological polar surface area (TPSA) is 0 Å². The van der Waals surface area contributed by atoms with E-state index in [-0.39, 0.29) is 5.83 Å². The van der Waals surface area contributed by atoms with E-state index in [4.69, 9.17) is 0 Å². The van der Waals surface area contributed by atoms with Gasteiger partial charge in [0.25, 0.3) is 0 Å². The van der Waals surface area contributed by atoms with E-state index in [1.807, 2.05) is 6.07 Å². The molecule has 146 valence electrons. The van der Waals surface area contributed by atoms with Gasteiger partial charge in [-0.3, -0.25) is 0 Å². The van der Waals surface area contributed by atoms with Gasteiger partial charge in [0, 0.05) is 5.56 Å². The maximum absolute atomic E-state index is 14.3. The lowest BCUT2D eigenvalue weighted by atomic mass is 10.0. The fraction of sp³-hybridized carbons (Fsp3) is 0.391. The molecule has 0 saturated carbocycles. The lowest BCUT2D eigenvalue weighted by Gasteiger charge is -2.06. The van der Waals surface area contributed by atoms with Crippen LogP contribution in [0.25, 0.3) is 5.83 Å². The Morgan fingerprint density at radius 3 is 2.22 bits per heavy atom. The first-order valence-electron chi connectivity index (χ1n) is 9.59. The van der Waals surface area contributed by atoms with Gasteiger partial charge < -0.3 is 0 Å². The summed E-state index contributed by atoms with van der Waals surface area (Å²) in [6.07, 6.45) is 8.86. The minimum absolute atomic E-state index is 0.244. The largest absolute Gasteiger partial charge is 0.207 e. The summed E-state index contributed by atoms with van der Waals surface area (Å²) in [7, 11) is 0.